The fraction of sp³-hybridized carbons (Fsp3) is 1.00. The zero-order valence-corrected chi connectivity index (χ0v) is 6.66. The van der Waals surface area contributed by atoms with Crippen molar-refractivity contribution >= 4 is 10.8 Å². The Morgan fingerprint density at radius 3 is 2.56 bits per heavy atom. The molecule has 3 heteroatoms. The highest BCUT2D eigenvalue weighted by molar-refractivity contribution is 7.86. The van der Waals surface area contributed by atoms with Crippen LogP contribution in [0.15, 0.2) is 0 Å². The molecule has 1 aliphatic rings. The zero-order chi connectivity index (χ0) is 6.91. The molecular weight excluding hydrogens is 136 g/mol. The van der Waals surface area contributed by atoms with Gasteiger partial charge in [0.2, 0.25) is 0 Å². The molecule has 0 aromatic carbocycles. The molecule has 1 saturated heterocycles. The van der Waals surface area contributed by atoms with Crippen molar-refractivity contribution in [1.29, 1.82) is 0 Å². The monoisotopic (exact) mass is 148 g/mol. The Bertz CT molecular complexity index is 131. The summed E-state index contributed by atoms with van der Waals surface area (Å²) in [4.78, 5) is -0.391. The standard InChI is InChI=1S/C6H12O2S/c1-6(2)8-4-3-5-9(6)7/h3-5H2,1-2H3. The van der Waals surface area contributed by atoms with Crippen LogP contribution >= 0.6 is 0 Å². The summed E-state index contributed by atoms with van der Waals surface area (Å²) in [6, 6.07) is 0. The van der Waals surface area contributed by atoms with Crippen LogP contribution in [0.4, 0.5) is 0 Å². The Morgan fingerprint density at radius 2 is 2.22 bits per heavy atom. The van der Waals surface area contributed by atoms with E-state index in [1.807, 2.05) is 13.8 Å². The van der Waals surface area contributed by atoms with Crippen molar-refractivity contribution < 1.29 is 8.95 Å². The van der Waals surface area contributed by atoms with Crippen LogP contribution in [0, 0.1) is 0 Å². The van der Waals surface area contributed by atoms with Crippen LogP contribution in [-0.4, -0.2) is 21.5 Å². The van der Waals surface area contributed by atoms with Crippen LogP contribution in [0.1, 0.15) is 20.3 Å². The van der Waals surface area contributed by atoms with Crippen LogP contribution in [0.2, 0.25) is 0 Å². The van der Waals surface area contributed by atoms with Gasteiger partial charge in [-0.2, -0.15) is 0 Å². The fourth-order valence-electron chi connectivity index (χ4n) is 0.819. The summed E-state index contributed by atoms with van der Waals surface area (Å²) in [5, 5.41) is 0. The van der Waals surface area contributed by atoms with Crippen LogP contribution in [0.3, 0.4) is 0 Å². The minimum absolute atomic E-state index is 0.391. The van der Waals surface area contributed by atoms with E-state index in [2.05, 4.69) is 0 Å². The summed E-state index contributed by atoms with van der Waals surface area (Å²) in [6.45, 7) is 4.52. The summed E-state index contributed by atoms with van der Waals surface area (Å²) >= 11 is 0. The maximum Gasteiger partial charge on any atom is 0.137 e. The van der Waals surface area contributed by atoms with Crippen LogP contribution < -0.4 is 0 Å². The maximum absolute atomic E-state index is 11.1. The fourth-order valence-corrected chi connectivity index (χ4v) is 1.91. The van der Waals surface area contributed by atoms with Gasteiger partial charge in [0.15, 0.2) is 0 Å². The quantitative estimate of drug-likeness (QED) is 0.510. The van der Waals surface area contributed by atoms with Crippen molar-refractivity contribution in [2.45, 2.75) is 25.2 Å². The van der Waals surface area contributed by atoms with Gasteiger partial charge in [0, 0.05) is 12.4 Å². The van der Waals surface area contributed by atoms with Gasteiger partial charge in [-0.15, -0.1) is 0 Å². The molecule has 2 nitrogen and oxygen atoms in total. The molecule has 0 aromatic heterocycles. The maximum atomic E-state index is 11.1. The van der Waals surface area contributed by atoms with Crippen molar-refractivity contribution in [3.8, 4) is 0 Å². The molecule has 1 aliphatic heterocycles. The van der Waals surface area contributed by atoms with E-state index in [0.29, 0.717) is 0 Å². The van der Waals surface area contributed by atoms with E-state index in [-0.39, 0.29) is 0 Å². The average molecular weight is 148 g/mol. The first-order valence-electron chi connectivity index (χ1n) is 3.15. The van der Waals surface area contributed by atoms with E-state index in [1.54, 1.807) is 0 Å². The molecule has 0 amide bonds. The van der Waals surface area contributed by atoms with E-state index < -0.39 is 15.7 Å². The molecule has 0 bridgehead atoms. The molecule has 0 aromatic rings. The summed E-state index contributed by atoms with van der Waals surface area (Å²) in [6.07, 6.45) is 0.941. The highest BCUT2D eigenvalue weighted by Gasteiger charge is 2.29. The third kappa shape index (κ3) is 1.52. The van der Waals surface area contributed by atoms with Gasteiger partial charge in [-0.05, 0) is 20.3 Å². The van der Waals surface area contributed by atoms with Gasteiger partial charge >= 0.3 is 0 Å². The van der Waals surface area contributed by atoms with E-state index in [0.717, 1.165) is 18.8 Å². The van der Waals surface area contributed by atoms with Crippen LogP contribution in [0.5, 0.6) is 0 Å². The molecule has 1 rings (SSSR count). The average Bonchev–Trinajstić information content (AvgIpc) is 1.77. The smallest absolute Gasteiger partial charge is 0.137 e. The normalized spacial score (nSPS) is 34.2. The molecule has 0 radical (unpaired) electrons. The van der Waals surface area contributed by atoms with Crippen molar-refractivity contribution in [3.63, 3.8) is 0 Å². The predicted molar refractivity (Wildman–Crippen MR) is 37.7 cm³/mol. The predicted octanol–water partition coefficient (Wildman–Crippen LogP) is 0.892. The number of rotatable bonds is 0. The summed E-state index contributed by atoms with van der Waals surface area (Å²) in [7, 11) is -0.773. The minimum Gasteiger partial charge on any atom is -0.362 e. The molecule has 9 heavy (non-hydrogen) atoms. The second-order valence-electron chi connectivity index (χ2n) is 2.65. The highest BCUT2D eigenvalue weighted by atomic mass is 32.2. The molecule has 0 saturated carbocycles. The van der Waals surface area contributed by atoms with E-state index in [4.69, 9.17) is 4.74 Å². The van der Waals surface area contributed by atoms with Gasteiger partial charge in [-0.1, -0.05) is 0 Å². The van der Waals surface area contributed by atoms with Crippen molar-refractivity contribution in [1.82, 2.24) is 0 Å². The lowest BCUT2D eigenvalue weighted by Gasteiger charge is -2.28. The lowest BCUT2D eigenvalue weighted by atomic mass is 10.4. The second kappa shape index (κ2) is 2.39. The lowest BCUT2D eigenvalue weighted by Crippen LogP contribution is -2.36. The first-order chi connectivity index (χ1) is 4.13. The molecule has 0 N–H and O–H groups in total. The molecular formula is C6H12O2S. The Balaban J connectivity index is 2.60. The molecule has 0 aliphatic carbocycles. The minimum atomic E-state index is -0.773. The van der Waals surface area contributed by atoms with Crippen LogP contribution in [-0.2, 0) is 15.5 Å². The Morgan fingerprint density at radius 1 is 1.56 bits per heavy atom. The number of hydrogen-bond donors (Lipinski definition) is 0. The van der Waals surface area contributed by atoms with Gasteiger partial charge in [-0.25, -0.2) is 0 Å². The summed E-state index contributed by atoms with van der Waals surface area (Å²) in [5.74, 6) is 0.799. The molecule has 1 fully saturated rings. The van der Waals surface area contributed by atoms with Crippen molar-refractivity contribution in [3.05, 3.63) is 0 Å². The van der Waals surface area contributed by atoms with Gasteiger partial charge < -0.3 is 4.74 Å². The third-order valence-corrected chi connectivity index (χ3v) is 3.35. The number of hydrogen-bond acceptors (Lipinski definition) is 2. The number of ether oxygens (including phenoxy) is 1. The zero-order valence-electron chi connectivity index (χ0n) is 5.85. The van der Waals surface area contributed by atoms with E-state index in [9.17, 15) is 4.21 Å². The molecule has 1 heterocycles. The Labute approximate surface area is 58.0 Å². The van der Waals surface area contributed by atoms with Gasteiger partial charge in [0.05, 0.1) is 10.8 Å². The first kappa shape index (κ1) is 7.22. The summed E-state index contributed by atoms with van der Waals surface area (Å²) < 4.78 is 16.4. The van der Waals surface area contributed by atoms with E-state index in [1.165, 1.54) is 0 Å². The summed E-state index contributed by atoms with van der Waals surface area (Å²) in [5.41, 5.74) is 0. The molecule has 1 unspecified atom stereocenters. The largest absolute Gasteiger partial charge is 0.362 e. The van der Waals surface area contributed by atoms with Gasteiger partial charge in [0.1, 0.15) is 4.93 Å². The third-order valence-electron chi connectivity index (χ3n) is 1.47. The van der Waals surface area contributed by atoms with Gasteiger partial charge in [-0.3, -0.25) is 4.21 Å². The molecule has 1 atom stereocenters. The van der Waals surface area contributed by atoms with Crippen molar-refractivity contribution in [2.75, 3.05) is 12.4 Å². The Hall–Kier alpha value is 0.110. The lowest BCUT2D eigenvalue weighted by molar-refractivity contribution is 0.0407. The van der Waals surface area contributed by atoms with E-state index >= 15 is 0 Å². The topological polar surface area (TPSA) is 26.3 Å². The van der Waals surface area contributed by atoms with Gasteiger partial charge in [0.25, 0.3) is 0 Å². The second-order valence-corrected chi connectivity index (χ2v) is 4.73. The molecule has 54 valence electrons. The molecule has 0 spiro atoms. The highest BCUT2D eigenvalue weighted by Crippen LogP contribution is 2.19. The van der Waals surface area contributed by atoms with Crippen molar-refractivity contribution in [2.24, 2.45) is 0 Å². The Kier molecular flexibility index (Phi) is 1.91. The SMILES string of the molecule is CC1(C)OCCCS1=O. The first-order valence-corrected chi connectivity index (χ1v) is 4.47. The van der Waals surface area contributed by atoms with Crippen LogP contribution in [0.25, 0.3) is 0 Å².